The molecule has 1 aliphatic rings. The van der Waals surface area contributed by atoms with Crippen LogP contribution in [0.1, 0.15) is 45.4 Å². The third-order valence-corrected chi connectivity index (χ3v) is 3.45. The molecule has 0 aromatic carbocycles. The highest BCUT2D eigenvalue weighted by Gasteiger charge is 2.20. The molecule has 1 amide bonds. The first-order chi connectivity index (χ1) is 8.63. The lowest BCUT2D eigenvalue weighted by atomic mass is 9.93. The van der Waals surface area contributed by atoms with Gasteiger partial charge in [-0.1, -0.05) is 13.3 Å². The molecule has 1 heterocycles. The summed E-state index contributed by atoms with van der Waals surface area (Å²) in [6, 6.07) is -0.726. The van der Waals surface area contributed by atoms with Gasteiger partial charge in [-0.2, -0.15) is 0 Å². The largest absolute Gasteiger partial charge is 0.480 e. The molecular formula is C13H24N2O3. The first kappa shape index (κ1) is 15.0. The minimum atomic E-state index is -0.938. The van der Waals surface area contributed by atoms with E-state index in [9.17, 15) is 9.59 Å². The van der Waals surface area contributed by atoms with E-state index >= 15 is 0 Å². The van der Waals surface area contributed by atoms with E-state index in [0.717, 1.165) is 38.8 Å². The van der Waals surface area contributed by atoms with Crippen molar-refractivity contribution in [3.8, 4) is 0 Å². The van der Waals surface area contributed by atoms with Crippen molar-refractivity contribution in [1.29, 1.82) is 0 Å². The van der Waals surface area contributed by atoms with Crippen molar-refractivity contribution in [3.63, 3.8) is 0 Å². The van der Waals surface area contributed by atoms with Crippen LogP contribution in [0.3, 0.4) is 0 Å². The summed E-state index contributed by atoms with van der Waals surface area (Å²) >= 11 is 0. The van der Waals surface area contributed by atoms with Crippen molar-refractivity contribution in [2.24, 2.45) is 5.92 Å². The Morgan fingerprint density at radius 1 is 1.39 bits per heavy atom. The Bertz CT molecular complexity index is 275. The number of amides is 1. The van der Waals surface area contributed by atoms with Crippen LogP contribution in [0.15, 0.2) is 0 Å². The molecule has 1 rings (SSSR count). The molecule has 3 N–H and O–H groups in total. The summed E-state index contributed by atoms with van der Waals surface area (Å²) in [7, 11) is 0. The van der Waals surface area contributed by atoms with Gasteiger partial charge in [0.15, 0.2) is 0 Å². The van der Waals surface area contributed by atoms with Gasteiger partial charge in [0.2, 0.25) is 5.91 Å². The van der Waals surface area contributed by atoms with Crippen LogP contribution in [-0.4, -0.2) is 36.1 Å². The van der Waals surface area contributed by atoms with Crippen molar-refractivity contribution in [1.82, 2.24) is 10.6 Å². The Hall–Kier alpha value is -1.10. The van der Waals surface area contributed by atoms with Gasteiger partial charge in [-0.15, -0.1) is 0 Å². The maximum atomic E-state index is 11.7. The molecule has 5 heteroatoms. The molecule has 0 aliphatic carbocycles. The molecule has 1 fully saturated rings. The topological polar surface area (TPSA) is 78.4 Å². The van der Waals surface area contributed by atoms with Crippen LogP contribution in [0.4, 0.5) is 0 Å². The fourth-order valence-electron chi connectivity index (χ4n) is 2.32. The van der Waals surface area contributed by atoms with Gasteiger partial charge in [0, 0.05) is 6.42 Å². The monoisotopic (exact) mass is 256 g/mol. The summed E-state index contributed by atoms with van der Waals surface area (Å²) in [5.41, 5.74) is 0. The quantitative estimate of drug-likeness (QED) is 0.638. The number of carboxylic acids is 1. The number of nitrogens with one attached hydrogen (secondary N) is 2. The molecule has 18 heavy (non-hydrogen) atoms. The lowest BCUT2D eigenvalue weighted by molar-refractivity contribution is -0.142. The molecule has 0 bridgehead atoms. The number of rotatable bonds is 7. The summed E-state index contributed by atoms with van der Waals surface area (Å²) in [6.07, 6.45) is 4.79. The lowest BCUT2D eigenvalue weighted by Gasteiger charge is -2.22. The molecule has 1 saturated heterocycles. The molecule has 0 aromatic rings. The normalized spacial score (nSPS) is 18.3. The number of carboxylic acid groups (broad SMARTS) is 1. The van der Waals surface area contributed by atoms with Crippen LogP contribution >= 0.6 is 0 Å². The molecule has 104 valence electrons. The molecular weight excluding hydrogens is 232 g/mol. The van der Waals surface area contributed by atoms with Gasteiger partial charge in [0.1, 0.15) is 6.04 Å². The second-order valence-electron chi connectivity index (χ2n) is 4.98. The zero-order valence-electron chi connectivity index (χ0n) is 11.1. The van der Waals surface area contributed by atoms with Crippen LogP contribution in [0.5, 0.6) is 0 Å². The highest BCUT2D eigenvalue weighted by molar-refractivity contribution is 5.83. The number of carbonyl (C=O) groups is 2. The van der Waals surface area contributed by atoms with E-state index in [-0.39, 0.29) is 5.91 Å². The maximum absolute atomic E-state index is 11.7. The summed E-state index contributed by atoms with van der Waals surface area (Å²) in [6.45, 7) is 3.97. The highest BCUT2D eigenvalue weighted by atomic mass is 16.4. The van der Waals surface area contributed by atoms with Crippen LogP contribution < -0.4 is 10.6 Å². The zero-order valence-corrected chi connectivity index (χ0v) is 11.1. The second-order valence-corrected chi connectivity index (χ2v) is 4.98. The molecule has 5 nitrogen and oxygen atoms in total. The van der Waals surface area contributed by atoms with Gasteiger partial charge in [-0.25, -0.2) is 4.79 Å². The number of aliphatic carboxylic acids is 1. The number of hydrogen-bond acceptors (Lipinski definition) is 3. The van der Waals surface area contributed by atoms with Gasteiger partial charge in [0.25, 0.3) is 0 Å². The van der Waals surface area contributed by atoms with Crippen LogP contribution in [0.25, 0.3) is 0 Å². The molecule has 1 unspecified atom stereocenters. The zero-order chi connectivity index (χ0) is 13.4. The Labute approximate surface area is 108 Å². The number of hydrogen-bond donors (Lipinski definition) is 3. The Kier molecular flexibility index (Phi) is 6.72. The van der Waals surface area contributed by atoms with Crippen LogP contribution in [0, 0.1) is 5.92 Å². The standard InChI is InChI=1S/C13H24N2O3/c1-2-3-11(13(17)18)15-12(16)5-4-10-6-8-14-9-7-10/h10-11,14H,2-9H2,1H3,(H,15,16)(H,17,18). The average Bonchev–Trinajstić information content (AvgIpc) is 2.37. The Balaban J connectivity index is 2.24. The molecule has 0 aromatic heterocycles. The van der Waals surface area contributed by atoms with Gasteiger partial charge in [-0.05, 0) is 44.7 Å². The van der Waals surface area contributed by atoms with E-state index in [1.54, 1.807) is 0 Å². The SMILES string of the molecule is CCCC(NC(=O)CCC1CCNCC1)C(=O)O. The van der Waals surface area contributed by atoms with E-state index in [2.05, 4.69) is 10.6 Å². The molecule has 1 aliphatic heterocycles. The van der Waals surface area contributed by atoms with Gasteiger partial charge >= 0.3 is 5.97 Å². The first-order valence-corrected chi connectivity index (χ1v) is 6.86. The van der Waals surface area contributed by atoms with E-state index in [4.69, 9.17) is 5.11 Å². The predicted molar refractivity (Wildman–Crippen MR) is 69.3 cm³/mol. The van der Waals surface area contributed by atoms with Crippen LogP contribution in [-0.2, 0) is 9.59 Å². The summed E-state index contributed by atoms with van der Waals surface area (Å²) in [4.78, 5) is 22.6. The highest BCUT2D eigenvalue weighted by Crippen LogP contribution is 2.17. The van der Waals surface area contributed by atoms with Crippen molar-refractivity contribution in [2.75, 3.05) is 13.1 Å². The fraction of sp³-hybridized carbons (Fsp3) is 0.846. The maximum Gasteiger partial charge on any atom is 0.326 e. The smallest absolute Gasteiger partial charge is 0.326 e. The fourth-order valence-corrected chi connectivity index (χ4v) is 2.32. The van der Waals surface area contributed by atoms with E-state index in [1.807, 2.05) is 6.92 Å². The van der Waals surface area contributed by atoms with Gasteiger partial charge in [-0.3, -0.25) is 4.79 Å². The van der Waals surface area contributed by atoms with E-state index in [1.165, 1.54) is 0 Å². The summed E-state index contributed by atoms with van der Waals surface area (Å²) < 4.78 is 0. The van der Waals surface area contributed by atoms with Crippen LogP contribution in [0.2, 0.25) is 0 Å². The van der Waals surface area contributed by atoms with Crippen molar-refractivity contribution >= 4 is 11.9 Å². The Morgan fingerprint density at radius 3 is 2.61 bits per heavy atom. The van der Waals surface area contributed by atoms with E-state index in [0.29, 0.717) is 18.8 Å². The number of carbonyl (C=O) groups excluding carboxylic acids is 1. The molecule has 0 radical (unpaired) electrons. The summed E-state index contributed by atoms with van der Waals surface area (Å²) in [5.74, 6) is -0.465. The minimum Gasteiger partial charge on any atom is -0.480 e. The molecule has 1 atom stereocenters. The van der Waals surface area contributed by atoms with Crippen molar-refractivity contribution < 1.29 is 14.7 Å². The van der Waals surface area contributed by atoms with Gasteiger partial charge in [0.05, 0.1) is 0 Å². The molecule has 0 saturated carbocycles. The average molecular weight is 256 g/mol. The molecule has 0 spiro atoms. The van der Waals surface area contributed by atoms with E-state index < -0.39 is 12.0 Å². The van der Waals surface area contributed by atoms with Crippen molar-refractivity contribution in [2.45, 2.75) is 51.5 Å². The second kappa shape index (κ2) is 8.08. The minimum absolute atomic E-state index is 0.130. The Morgan fingerprint density at radius 2 is 2.06 bits per heavy atom. The third kappa shape index (κ3) is 5.49. The first-order valence-electron chi connectivity index (χ1n) is 6.86. The third-order valence-electron chi connectivity index (χ3n) is 3.45. The lowest BCUT2D eigenvalue weighted by Crippen LogP contribution is -2.40. The number of piperidine rings is 1. The predicted octanol–water partition coefficient (Wildman–Crippen LogP) is 1.14. The van der Waals surface area contributed by atoms with Gasteiger partial charge < -0.3 is 15.7 Å². The summed E-state index contributed by atoms with van der Waals surface area (Å²) in [5, 5.41) is 14.8. The van der Waals surface area contributed by atoms with Crippen molar-refractivity contribution in [3.05, 3.63) is 0 Å².